The zero-order valence-electron chi connectivity index (χ0n) is 11.8. The third kappa shape index (κ3) is 3.58. The summed E-state index contributed by atoms with van der Waals surface area (Å²) in [6, 6.07) is 0. The Balaban J connectivity index is 2.92. The van der Waals surface area contributed by atoms with E-state index in [0.29, 0.717) is 5.92 Å². The molecule has 0 saturated heterocycles. The van der Waals surface area contributed by atoms with Crippen LogP contribution >= 0.6 is 0 Å². The quantitative estimate of drug-likeness (QED) is 0.853. The maximum Gasteiger partial charge on any atom is 0.137 e. The van der Waals surface area contributed by atoms with E-state index in [-0.39, 0.29) is 0 Å². The largest absolute Gasteiger partial charge is 0.373 e. The molecular weight excluding hydrogens is 212 g/mol. The summed E-state index contributed by atoms with van der Waals surface area (Å²) in [6.07, 6.45) is 1.17. The molecule has 0 radical (unpaired) electrons. The number of aryl methyl sites for hydroxylation is 1. The lowest BCUT2D eigenvalue weighted by molar-refractivity contribution is 0.583. The topological polar surface area (TPSA) is 41.1 Å². The monoisotopic (exact) mass is 236 g/mol. The van der Waals surface area contributed by atoms with Gasteiger partial charge < -0.3 is 10.2 Å². The summed E-state index contributed by atoms with van der Waals surface area (Å²) >= 11 is 0. The number of nitrogens with one attached hydrogen (secondary N) is 1. The molecule has 1 N–H and O–H groups in total. The summed E-state index contributed by atoms with van der Waals surface area (Å²) in [4.78, 5) is 11.1. The second kappa shape index (κ2) is 5.84. The number of anilines is 2. The van der Waals surface area contributed by atoms with Crippen molar-refractivity contribution in [3.63, 3.8) is 0 Å². The van der Waals surface area contributed by atoms with Gasteiger partial charge in [0, 0.05) is 26.2 Å². The molecule has 1 rings (SSSR count). The van der Waals surface area contributed by atoms with Gasteiger partial charge in [-0.05, 0) is 26.2 Å². The van der Waals surface area contributed by atoms with Gasteiger partial charge in [-0.2, -0.15) is 0 Å². The van der Waals surface area contributed by atoms with Crippen molar-refractivity contribution in [2.24, 2.45) is 5.92 Å². The highest BCUT2D eigenvalue weighted by Crippen LogP contribution is 2.22. The van der Waals surface area contributed by atoms with Crippen molar-refractivity contribution in [2.45, 2.75) is 34.1 Å². The van der Waals surface area contributed by atoms with Gasteiger partial charge in [0.1, 0.15) is 17.5 Å². The Kier molecular flexibility index (Phi) is 4.73. The van der Waals surface area contributed by atoms with Crippen LogP contribution in [-0.4, -0.2) is 30.6 Å². The van der Waals surface area contributed by atoms with E-state index in [1.165, 1.54) is 6.42 Å². The van der Waals surface area contributed by atoms with Gasteiger partial charge in [0.25, 0.3) is 0 Å². The van der Waals surface area contributed by atoms with Gasteiger partial charge >= 0.3 is 0 Å². The molecule has 0 spiro atoms. The molecule has 0 bridgehead atoms. The van der Waals surface area contributed by atoms with Gasteiger partial charge in [-0.15, -0.1) is 0 Å². The highest BCUT2D eigenvalue weighted by atomic mass is 15.2. The molecule has 0 aliphatic carbocycles. The maximum atomic E-state index is 4.53. The van der Waals surface area contributed by atoms with Crippen LogP contribution in [0.25, 0.3) is 0 Å². The fraction of sp³-hybridized carbons (Fsp3) is 0.692. The molecule has 0 amide bonds. The van der Waals surface area contributed by atoms with E-state index in [0.717, 1.165) is 29.6 Å². The lowest BCUT2D eigenvalue weighted by Crippen LogP contribution is -2.23. The second-order valence-electron chi connectivity index (χ2n) is 4.92. The third-order valence-electron chi connectivity index (χ3n) is 2.87. The Morgan fingerprint density at radius 1 is 1.24 bits per heavy atom. The minimum Gasteiger partial charge on any atom is -0.373 e. The van der Waals surface area contributed by atoms with Crippen LogP contribution < -0.4 is 10.2 Å². The molecule has 0 aromatic carbocycles. The summed E-state index contributed by atoms with van der Waals surface area (Å²) in [7, 11) is 3.99. The van der Waals surface area contributed by atoms with Crippen LogP contribution in [0.4, 0.5) is 11.6 Å². The summed E-state index contributed by atoms with van der Waals surface area (Å²) in [5, 5.41) is 3.12. The van der Waals surface area contributed by atoms with Crippen molar-refractivity contribution in [3.8, 4) is 0 Å². The molecule has 4 heteroatoms. The van der Waals surface area contributed by atoms with Crippen molar-refractivity contribution in [3.05, 3.63) is 11.4 Å². The molecule has 0 aliphatic heterocycles. The Morgan fingerprint density at radius 3 is 2.41 bits per heavy atom. The van der Waals surface area contributed by atoms with E-state index in [2.05, 4.69) is 48.0 Å². The van der Waals surface area contributed by atoms with E-state index in [1.54, 1.807) is 0 Å². The first-order valence-corrected chi connectivity index (χ1v) is 6.19. The van der Waals surface area contributed by atoms with Crippen LogP contribution in [0.2, 0.25) is 0 Å². The molecule has 0 fully saturated rings. The van der Waals surface area contributed by atoms with Crippen LogP contribution in [0, 0.1) is 19.8 Å². The first-order chi connectivity index (χ1) is 7.95. The van der Waals surface area contributed by atoms with Crippen molar-refractivity contribution in [2.75, 3.05) is 30.9 Å². The van der Waals surface area contributed by atoms with E-state index in [9.17, 15) is 0 Å². The zero-order valence-corrected chi connectivity index (χ0v) is 11.8. The predicted molar refractivity (Wildman–Crippen MR) is 73.8 cm³/mol. The third-order valence-corrected chi connectivity index (χ3v) is 2.87. The minimum atomic E-state index is 0.712. The number of aromatic nitrogens is 2. The summed E-state index contributed by atoms with van der Waals surface area (Å²) < 4.78 is 0. The smallest absolute Gasteiger partial charge is 0.137 e. The average molecular weight is 236 g/mol. The van der Waals surface area contributed by atoms with Crippen LogP contribution in [0.3, 0.4) is 0 Å². The molecule has 0 saturated carbocycles. The highest BCUT2D eigenvalue weighted by Gasteiger charge is 2.12. The van der Waals surface area contributed by atoms with Crippen LogP contribution in [0.5, 0.6) is 0 Å². The van der Waals surface area contributed by atoms with Crippen molar-refractivity contribution in [1.29, 1.82) is 0 Å². The number of rotatable bonds is 5. The number of hydrogen-bond donors (Lipinski definition) is 1. The van der Waals surface area contributed by atoms with E-state index in [4.69, 9.17) is 0 Å². The van der Waals surface area contributed by atoms with Gasteiger partial charge in [0.15, 0.2) is 0 Å². The SMILES string of the molecule is CNc1nc(C)nc(N(C)CCC(C)C)c1C. The van der Waals surface area contributed by atoms with Gasteiger partial charge in [0.05, 0.1) is 0 Å². The Morgan fingerprint density at radius 2 is 1.88 bits per heavy atom. The molecule has 17 heavy (non-hydrogen) atoms. The van der Waals surface area contributed by atoms with Crippen LogP contribution in [-0.2, 0) is 0 Å². The van der Waals surface area contributed by atoms with Gasteiger partial charge in [-0.3, -0.25) is 0 Å². The molecule has 96 valence electrons. The van der Waals surface area contributed by atoms with Crippen molar-refractivity contribution >= 4 is 11.6 Å². The first kappa shape index (κ1) is 13.7. The number of nitrogens with zero attached hydrogens (tertiary/aromatic N) is 3. The van der Waals surface area contributed by atoms with Gasteiger partial charge in [-0.1, -0.05) is 13.8 Å². The molecule has 0 aliphatic rings. The Bertz CT molecular complexity index is 374. The fourth-order valence-electron chi connectivity index (χ4n) is 1.79. The Hall–Kier alpha value is -1.32. The van der Waals surface area contributed by atoms with E-state index in [1.807, 2.05) is 14.0 Å². The molecule has 1 aromatic heterocycles. The summed E-state index contributed by atoms with van der Waals surface area (Å²) in [5.74, 6) is 3.47. The van der Waals surface area contributed by atoms with Gasteiger partial charge in [-0.25, -0.2) is 9.97 Å². The molecule has 0 atom stereocenters. The fourth-order valence-corrected chi connectivity index (χ4v) is 1.79. The normalized spacial score (nSPS) is 10.8. The average Bonchev–Trinajstić information content (AvgIpc) is 2.28. The summed E-state index contributed by atoms with van der Waals surface area (Å²) in [6.45, 7) is 9.50. The van der Waals surface area contributed by atoms with Crippen molar-refractivity contribution < 1.29 is 0 Å². The minimum absolute atomic E-state index is 0.712. The standard InChI is InChI=1S/C13H24N4/c1-9(2)7-8-17(6)13-10(3)12(14-5)15-11(4)16-13/h9H,7-8H2,1-6H3,(H,14,15,16). The maximum absolute atomic E-state index is 4.53. The molecule has 1 aromatic rings. The second-order valence-corrected chi connectivity index (χ2v) is 4.92. The van der Waals surface area contributed by atoms with Crippen LogP contribution in [0.1, 0.15) is 31.7 Å². The van der Waals surface area contributed by atoms with E-state index < -0.39 is 0 Å². The zero-order chi connectivity index (χ0) is 13.0. The first-order valence-electron chi connectivity index (χ1n) is 6.19. The predicted octanol–water partition coefficient (Wildman–Crippen LogP) is 2.62. The molecule has 4 nitrogen and oxygen atoms in total. The molecule has 0 unspecified atom stereocenters. The molecule has 1 heterocycles. The highest BCUT2D eigenvalue weighted by molar-refractivity contribution is 5.57. The number of hydrogen-bond acceptors (Lipinski definition) is 4. The van der Waals surface area contributed by atoms with Gasteiger partial charge in [0.2, 0.25) is 0 Å². The van der Waals surface area contributed by atoms with Crippen LogP contribution in [0.15, 0.2) is 0 Å². The van der Waals surface area contributed by atoms with E-state index >= 15 is 0 Å². The lowest BCUT2D eigenvalue weighted by Gasteiger charge is -2.22. The lowest BCUT2D eigenvalue weighted by atomic mass is 10.1. The molecular formula is C13H24N4. The summed E-state index contributed by atoms with van der Waals surface area (Å²) in [5.41, 5.74) is 1.12. The van der Waals surface area contributed by atoms with Crippen molar-refractivity contribution in [1.82, 2.24) is 9.97 Å². The Labute approximate surface area is 104 Å².